The maximum Gasteiger partial charge on any atom is 0.269 e. The molecule has 0 aliphatic carbocycles. The Bertz CT molecular complexity index is 439. The summed E-state index contributed by atoms with van der Waals surface area (Å²) in [6, 6.07) is 4.83. The van der Waals surface area contributed by atoms with Gasteiger partial charge in [-0.1, -0.05) is 6.92 Å². The molecule has 0 unspecified atom stereocenters. The first-order chi connectivity index (χ1) is 8.83. The van der Waals surface area contributed by atoms with E-state index < -0.39 is 0 Å². The van der Waals surface area contributed by atoms with Crippen LogP contribution in [-0.2, 0) is 11.3 Å². The van der Waals surface area contributed by atoms with Crippen LogP contribution in [0.1, 0.15) is 39.7 Å². The fraction of sp³-hybridized carbons (Fsp3) is 0.571. The second-order valence-electron chi connectivity index (χ2n) is 5.43. The molecule has 5 heteroatoms. The average molecular weight is 266 g/mol. The van der Waals surface area contributed by atoms with Gasteiger partial charge < -0.3 is 10.1 Å². The van der Waals surface area contributed by atoms with Crippen LogP contribution in [0.4, 0.5) is 11.4 Å². The minimum Gasteiger partial charge on any atom is -0.385 e. The van der Waals surface area contributed by atoms with Gasteiger partial charge in [0.1, 0.15) is 0 Å². The minimum atomic E-state index is -0.385. The van der Waals surface area contributed by atoms with Gasteiger partial charge in [0.15, 0.2) is 0 Å². The summed E-state index contributed by atoms with van der Waals surface area (Å²) in [6.45, 7) is 9.15. The number of nitro benzene ring substituents is 1. The Labute approximate surface area is 114 Å². The number of rotatable bonds is 6. The maximum absolute atomic E-state index is 10.8. The molecule has 0 fully saturated rings. The number of nitrogens with zero attached hydrogens (tertiary/aromatic N) is 1. The van der Waals surface area contributed by atoms with Gasteiger partial charge in [-0.25, -0.2) is 0 Å². The summed E-state index contributed by atoms with van der Waals surface area (Å²) in [5, 5.41) is 14.1. The number of nitro groups is 1. The first-order valence-corrected chi connectivity index (χ1v) is 6.48. The first-order valence-electron chi connectivity index (χ1n) is 6.48. The number of nitrogens with one attached hydrogen (secondary N) is 1. The van der Waals surface area contributed by atoms with Crippen molar-refractivity contribution in [1.29, 1.82) is 0 Å². The monoisotopic (exact) mass is 266 g/mol. The highest BCUT2D eigenvalue weighted by atomic mass is 16.6. The van der Waals surface area contributed by atoms with E-state index in [1.807, 2.05) is 20.8 Å². The molecular weight excluding hydrogens is 244 g/mol. The third kappa shape index (κ3) is 5.26. The van der Waals surface area contributed by atoms with Crippen LogP contribution in [0.3, 0.4) is 0 Å². The van der Waals surface area contributed by atoms with Crippen LogP contribution in [0.5, 0.6) is 0 Å². The lowest BCUT2D eigenvalue weighted by Crippen LogP contribution is -2.19. The molecule has 1 N–H and O–H groups in total. The van der Waals surface area contributed by atoms with Crippen molar-refractivity contribution in [2.24, 2.45) is 0 Å². The van der Waals surface area contributed by atoms with Crippen LogP contribution in [0, 0.1) is 10.1 Å². The average Bonchev–Trinajstić information content (AvgIpc) is 2.33. The van der Waals surface area contributed by atoms with Crippen molar-refractivity contribution >= 4 is 11.4 Å². The Morgan fingerprint density at radius 1 is 1.37 bits per heavy atom. The number of ether oxygens (including phenoxy) is 1. The van der Waals surface area contributed by atoms with E-state index in [9.17, 15) is 10.1 Å². The Balaban J connectivity index is 2.93. The third-order valence-corrected chi connectivity index (χ3v) is 2.53. The fourth-order valence-corrected chi connectivity index (χ4v) is 1.54. The predicted octanol–water partition coefficient (Wildman–Crippen LogP) is 3.73. The normalized spacial score (nSPS) is 11.4. The molecule has 0 atom stereocenters. The molecule has 0 saturated carbocycles. The van der Waals surface area contributed by atoms with Crippen LogP contribution in [0.2, 0.25) is 0 Å². The number of hydrogen-bond acceptors (Lipinski definition) is 4. The quantitative estimate of drug-likeness (QED) is 0.629. The van der Waals surface area contributed by atoms with Gasteiger partial charge in [-0.2, -0.15) is 0 Å². The number of hydrogen-bond donors (Lipinski definition) is 1. The molecule has 0 heterocycles. The largest absolute Gasteiger partial charge is 0.385 e. The van der Waals surface area contributed by atoms with Crippen LogP contribution in [0.15, 0.2) is 18.2 Å². The van der Waals surface area contributed by atoms with Crippen molar-refractivity contribution in [3.63, 3.8) is 0 Å². The van der Waals surface area contributed by atoms with Gasteiger partial charge in [-0.15, -0.1) is 0 Å². The summed E-state index contributed by atoms with van der Waals surface area (Å²) in [5.74, 6) is 0. The molecule has 0 bridgehead atoms. The molecule has 0 radical (unpaired) electrons. The molecule has 0 aromatic heterocycles. The van der Waals surface area contributed by atoms with Crippen LogP contribution < -0.4 is 5.32 Å². The summed E-state index contributed by atoms with van der Waals surface area (Å²) in [5.41, 5.74) is 1.54. The molecule has 1 rings (SSSR count). The van der Waals surface area contributed by atoms with Crippen molar-refractivity contribution in [3.8, 4) is 0 Å². The minimum absolute atomic E-state index is 0.0922. The lowest BCUT2D eigenvalue weighted by Gasteiger charge is -2.21. The van der Waals surface area contributed by atoms with E-state index in [0.717, 1.165) is 24.2 Å². The second-order valence-corrected chi connectivity index (χ2v) is 5.43. The van der Waals surface area contributed by atoms with Crippen molar-refractivity contribution in [3.05, 3.63) is 33.9 Å². The molecule has 0 aliphatic heterocycles. The van der Waals surface area contributed by atoms with Gasteiger partial charge in [-0.05, 0) is 33.3 Å². The molecule has 0 amide bonds. The first kappa shape index (κ1) is 15.4. The zero-order valence-corrected chi connectivity index (χ0v) is 12.0. The van der Waals surface area contributed by atoms with Gasteiger partial charge in [0.05, 0.1) is 17.1 Å². The van der Waals surface area contributed by atoms with E-state index in [1.54, 1.807) is 12.1 Å². The molecule has 19 heavy (non-hydrogen) atoms. The number of anilines is 1. The van der Waals surface area contributed by atoms with Gasteiger partial charge in [0.25, 0.3) is 5.69 Å². The highest BCUT2D eigenvalue weighted by Gasteiger charge is 2.15. The third-order valence-electron chi connectivity index (χ3n) is 2.53. The summed E-state index contributed by atoms with van der Waals surface area (Å²) >= 11 is 0. The van der Waals surface area contributed by atoms with Gasteiger partial charge in [-0.3, -0.25) is 10.1 Å². The molecular formula is C14H22N2O3. The van der Waals surface area contributed by atoms with E-state index >= 15 is 0 Å². The van der Waals surface area contributed by atoms with Gasteiger partial charge in [0.2, 0.25) is 0 Å². The molecule has 106 valence electrons. The number of benzene rings is 1. The van der Waals surface area contributed by atoms with Crippen molar-refractivity contribution < 1.29 is 9.66 Å². The van der Waals surface area contributed by atoms with E-state index in [4.69, 9.17) is 4.74 Å². The zero-order valence-electron chi connectivity index (χ0n) is 12.0. The summed E-state index contributed by atoms with van der Waals surface area (Å²) < 4.78 is 5.71. The fourth-order valence-electron chi connectivity index (χ4n) is 1.54. The molecule has 5 nitrogen and oxygen atoms in total. The van der Waals surface area contributed by atoms with E-state index in [0.29, 0.717) is 6.61 Å². The van der Waals surface area contributed by atoms with E-state index in [1.165, 1.54) is 6.07 Å². The smallest absolute Gasteiger partial charge is 0.269 e. The topological polar surface area (TPSA) is 64.4 Å². The van der Waals surface area contributed by atoms with Crippen molar-refractivity contribution in [1.82, 2.24) is 0 Å². The van der Waals surface area contributed by atoms with Crippen molar-refractivity contribution in [2.75, 3.05) is 11.9 Å². The Morgan fingerprint density at radius 2 is 2.05 bits per heavy atom. The molecule has 0 saturated heterocycles. The lowest BCUT2D eigenvalue weighted by molar-refractivity contribution is -0.384. The zero-order chi connectivity index (χ0) is 14.5. The molecule has 1 aromatic carbocycles. The van der Waals surface area contributed by atoms with Gasteiger partial charge in [0, 0.05) is 29.9 Å². The Hall–Kier alpha value is -1.62. The predicted molar refractivity (Wildman–Crippen MR) is 76.4 cm³/mol. The van der Waals surface area contributed by atoms with E-state index in [-0.39, 0.29) is 16.2 Å². The van der Waals surface area contributed by atoms with Crippen LogP contribution in [-0.4, -0.2) is 17.1 Å². The molecule has 0 spiro atoms. The standard InChI is InChI=1S/C14H22N2O3/c1-5-8-15-13-7-6-12(16(17)18)9-11(13)10-19-14(2,3)4/h6-7,9,15H,5,8,10H2,1-4H3. The summed E-state index contributed by atoms with van der Waals surface area (Å²) in [4.78, 5) is 10.4. The van der Waals surface area contributed by atoms with E-state index in [2.05, 4.69) is 12.2 Å². The highest BCUT2D eigenvalue weighted by molar-refractivity contribution is 5.55. The van der Waals surface area contributed by atoms with Crippen LogP contribution >= 0.6 is 0 Å². The Kier molecular flexibility index (Phi) is 5.30. The Morgan fingerprint density at radius 3 is 2.58 bits per heavy atom. The maximum atomic E-state index is 10.8. The lowest BCUT2D eigenvalue weighted by atomic mass is 10.1. The van der Waals surface area contributed by atoms with Crippen molar-refractivity contribution in [2.45, 2.75) is 46.3 Å². The molecule has 0 aliphatic rings. The highest BCUT2D eigenvalue weighted by Crippen LogP contribution is 2.24. The second kappa shape index (κ2) is 6.52. The summed E-state index contributed by atoms with van der Waals surface area (Å²) in [7, 11) is 0. The summed E-state index contributed by atoms with van der Waals surface area (Å²) in [6.07, 6.45) is 0.997. The van der Waals surface area contributed by atoms with Crippen LogP contribution in [0.25, 0.3) is 0 Å². The SMILES string of the molecule is CCCNc1ccc([N+](=O)[O-])cc1COC(C)(C)C. The number of non-ortho nitro benzene ring substituents is 1. The van der Waals surface area contributed by atoms with Gasteiger partial charge >= 0.3 is 0 Å². The molecule has 1 aromatic rings.